The fourth-order valence-electron chi connectivity index (χ4n) is 1.82. The summed E-state index contributed by atoms with van der Waals surface area (Å²) in [5.41, 5.74) is 1.40. The van der Waals surface area contributed by atoms with E-state index in [0.717, 1.165) is 17.7 Å². The van der Waals surface area contributed by atoms with Gasteiger partial charge in [-0.05, 0) is 27.2 Å². The van der Waals surface area contributed by atoms with Crippen LogP contribution < -0.4 is 5.32 Å². The Hall–Kier alpha value is -1.76. The molecule has 0 saturated heterocycles. The van der Waals surface area contributed by atoms with Crippen LogP contribution >= 0.6 is 0 Å². The lowest BCUT2D eigenvalue weighted by molar-refractivity contribution is 0.0942. The predicted octanol–water partition coefficient (Wildman–Crippen LogP) is 2.63. The molecular formula is C13H18N2O2. The molecule has 0 bridgehead atoms. The molecule has 1 atom stereocenters. The first kappa shape index (κ1) is 13.3. The molecule has 1 unspecified atom stereocenters. The van der Waals surface area contributed by atoms with Gasteiger partial charge in [-0.25, -0.2) is 0 Å². The van der Waals surface area contributed by atoms with E-state index in [1.54, 1.807) is 6.92 Å². The molecule has 0 fully saturated rings. The molecule has 92 valence electrons. The van der Waals surface area contributed by atoms with Crippen LogP contribution in [0.5, 0.6) is 0 Å². The van der Waals surface area contributed by atoms with E-state index in [9.17, 15) is 4.79 Å². The van der Waals surface area contributed by atoms with Crippen LogP contribution in [0.3, 0.4) is 0 Å². The lowest BCUT2D eigenvalue weighted by Gasteiger charge is -2.10. The zero-order valence-corrected chi connectivity index (χ0v) is 10.8. The van der Waals surface area contributed by atoms with Crippen molar-refractivity contribution in [2.45, 2.75) is 46.6 Å². The summed E-state index contributed by atoms with van der Waals surface area (Å²) in [6.07, 6.45) is 1.53. The maximum absolute atomic E-state index is 12.0. The van der Waals surface area contributed by atoms with Crippen molar-refractivity contribution in [2.75, 3.05) is 0 Å². The van der Waals surface area contributed by atoms with Gasteiger partial charge in [0, 0.05) is 5.56 Å². The third-order valence-corrected chi connectivity index (χ3v) is 2.83. The first-order chi connectivity index (χ1) is 8.01. The highest BCUT2D eigenvalue weighted by atomic mass is 16.3. The Labute approximate surface area is 102 Å². The molecule has 17 heavy (non-hydrogen) atoms. The second-order valence-electron chi connectivity index (χ2n) is 4.16. The summed E-state index contributed by atoms with van der Waals surface area (Å²) >= 11 is 0. The van der Waals surface area contributed by atoms with E-state index >= 15 is 0 Å². The van der Waals surface area contributed by atoms with Crippen LogP contribution in [-0.4, -0.2) is 11.9 Å². The van der Waals surface area contributed by atoms with Crippen molar-refractivity contribution in [3.63, 3.8) is 0 Å². The van der Waals surface area contributed by atoms with Gasteiger partial charge in [0.2, 0.25) is 0 Å². The van der Waals surface area contributed by atoms with Gasteiger partial charge in [0.1, 0.15) is 17.6 Å². The van der Waals surface area contributed by atoms with E-state index in [1.807, 2.05) is 20.8 Å². The van der Waals surface area contributed by atoms with Crippen LogP contribution in [0, 0.1) is 32.1 Å². The third kappa shape index (κ3) is 2.88. The van der Waals surface area contributed by atoms with E-state index in [0.29, 0.717) is 17.7 Å². The van der Waals surface area contributed by atoms with Gasteiger partial charge < -0.3 is 9.73 Å². The fraction of sp³-hybridized carbons (Fsp3) is 0.538. The normalized spacial score (nSPS) is 11.9. The minimum absolute atomic E-state index is 0.225. The largest absolute Gasteiger partial charge is 0.466 e. The van der Waals surface area contributed by atoms with Gasteiger partial charge in [-0.3, -0.25) is 4.79 Å². The standard InChI is InChI=1S/C13H18N2O2/c1-5-6-11(7-14)15-13(16)12-8(2)9(3)17-10(12)4/h11H,5-6H2,1-4H3,(H,15,16). The highest BCUT2D eigenvalue weighted by Crippen LogP contribution is 2.20. The maximum Gasteiger partial charge on any atom is 0.256 e. The van der Waals surface area contributed by atoms with E-state index in [-0.39, 0.29) is 5.91 Å². The molecule has 0 radical (unpaired) electrons. The summed E-state index contributed by atoms with van der Waals surface area (Å²) < 4.78 is 5.40. The van der Waals surface area contributed by atoms with Crippen LogP contribution in [0.15, 0.2) is 4.42 Å². The Balaban J connectivity index is 2.87. The number of nitriles is 1. The van der Waals surface area contributed by atoms with E-state index in [4.69, 9.17) is 9.68 Å². The molecule has 0 aromatic carbocycles. The maximum atomic E-state index is 12.0. The van der Waals surface area contributed by atoms with E-state index in [2.05, 4.69) is 11.4 Å². The number of carbonyl (C=O) groups excluding carboxylic acids is 1. The molecule has 1 heterocycles. The van der Waals surface area contributed by atoms with Gasteiger partial charge in [-0.15, -0.1) is 0 Å². The first-order valence-electron chi connectivity index (χ1n) is 5.78. The third-order valence-electron chi connectivity index (χ3n) is 2.83. The minimum atomic E-state index is -0.429. The number of hydrogen-bond donors (Lipinski definition) is 1. The average molecular weight is 234 g/mol. The number of carbonyl (C=O) groups is 1. The van der Waals surface area contributed by atoms with Crippen molar-refractivity contribution >= 4 is 5.91 Å². The molecule has 1 aromatic heterocycles. The molecule has 4 heteroatoms. The summed E-state index contributed by atoms with van der Waals surface area (Å²) in [5.74, 6) is 1.12. The Bertz CT molecular complexity index is 455. The molecule has 0 aliphatic rings. The van der Waals surface area contributed by atoms with Gasteiger partial charge >= 0.3 is 0 Å². The highest BCUT2D eigenvalue weighted by molar-refractivity contribution is 5.97. The average Bonchev–Trinajstić information content (AvgIpc) is 2.52. The molecule has 1 N–H and O–H groups in total. The smallest absolute Gasteiger partial charge is 0.256 e. The predicted molar refractivity (Wildman–Crippen MR) is 64.7 cm³/mol. The summed E-state index contributed by atoms with van der Waals surface area (Å²) in [6, 6.07) is 1.66. The highest BCUT2D eigenvalue weighted by Gasteiger charge is 2.20. The summed E-state index contributed by atoms with van der Waals surface area (Å²) in [4.78, 5) is 12.0. The van der Waals surface area contributed by atoms with E-state index in [1.165, 1.54) is 0 Å². The van der Waals surface area contributed by atoms with Gasteiger partial charge in [-0.1, -0.05) is 13.3 Å². The van der Waals surface area contributed by atoms with Crippen LogP contribution in [0.1, 0.15) is 47.2 Å². The van der Waals surface area contributed by atoms with Gasteiger partial charge in [0.15, 0.2) is 0 Å². The molecule has 0 aliphatic carbocycles. The number of furan rings is 1. The summed E-state index contributed by atoms with van der Waals surface area (Å²) in [7, 11) is 0. The Morgan fingerprint density at radius 1 is 1.41 bits per heavy atom. The second kappa shape index (κ2) is 5.53. The zero-order valence-electron chi connectivity index (χ0n) is 10.8. The summed E-state index contributed by atoms with van der Waals surface area (Å²) in [6.45, 7) is 7.42. The van der Waals surface area contributed by atoms with Crippen molar-refractivity contribution in [2.24, 2.45) is 0 Å². The van der Waals surface area contributed by atoms with Crippen LogP contribution in [0.4, 0.5) is 0 Å². The molecule has 1 amide bonds. The number of amides is 1. The lowest BCUT2D eigenvalue weighted by Crippen LogP contribution is -2.34. The number of rotatable bonds is 4. The van der Waals surface area contributed by atoms with Crippen LogP contribution in [0.25, 0.3) is 0 Å². The Morgan fingerprint density at radius 2 is 2.06 bits per heavy atom. The number of hydrogen-bond acceptors (Lipinski definition) is 3. The summed E-state index contributed by atoms with van der Waals surface area (Å²) in [5, 5.41) is 11.6. The molecule has 0 spiro atoms. The monoisotopic (exact) mass is 234 g/mol. The molecular weight excluding hydrogens is 216 g/mol. The number of aryl methyl sites for hydroxylation is 2. The topological polar surface area (TPSA) is 66.0 Å². The molecule has 1 rings (SSSR count). The second-order valence-corrected chi connectivity index (χ2v) is 4.16. The quantitative estimate of drug-likeness (QED) is 0.870. The minimum Gasteiger partial charge on any atom is -0.466 e. The zero-order chi connectivity index (χ0) is 13.0. The van der Waals surface area contributed by atoms with Crippen LogP contribution in [-0.2, 0) is 0 Å². The van der Waals surface area contributed by atoms with Crippen molar-refractivity contribution < 1.29 is 9.21 Å². The number of nitrogens with zero attached hydrogens (tertiary/aromatic N) is 1. The van der Waals surface area contributed by atoms with Gasteiger partial charge in [0.25, 0.3) is 5.91 Å². The van der Waals surface area contributed by atoms with Gasteiger partial charge in [-0.2, -0.15) is 5.26 Å². The number of nitrogens with one attached hydrogen (secondary N) is 1. The van der Waals surface area contributed by atoms with E-state index < -0.39 is 6.04 Å². The first-order valence-corrected chi connectivity index (χ1v) is 5.78. The van der Waals surface area contributed by atoms with Crippen molar-refractivity contribution in [3.8, 4) is 6.07 Å². The van der Waals surface area contributed by atoms with Gasteiger partial charge in [0.05, 0.1) is 11.6 Å². The Morgan fingerprint density at radius 3 is 2.47 bits per heavy atom. The van der Waals surface area contributed by atoms with Crippen molar-refractivity contribution in [1.29, 1.82) is 5.26 Å². The molecule has 0 aliphatic heterocycles. The van der Waals surface area contributed by atoms with Crippen molar-refractivity contribution in [1.82, 2.24) is 5.32 Å². The van der Waals surface area contributed by atoms with Crippen molar-refractivity contribution in [3.05, 3.63) is 22.6 Å². The SMILES string of the molecule is CCCC(C#N)NC(=O)c1c(C)oc(C)c1C. The molecule has 4 nitrogen and oxygen atoms in total. The molecule has 1 aromatic rings. The molecule has 0 saturated carbocycles. The fourth-order valence-corrected chi connectivity index (χ4v) is 1.82. The lowest BCUT2D eigenvalue weighted by atomic mass is 10.1. The Kier molecular flexibility index (Phi) is 4.33. The van der Waals surface area contributed by atoms with Crippen LogP contribution in [0.2, 0.25) is 0 Å².